The molecule has 2 unspecified atom stereocenters. The van der Waals surface area contributed by atoms with Gasteiger partial charge in [-0.25, -0.2) is 4.79 Å². The van der Waals surface area contributed by atoms with Gasteiger partial charge in [0.1, 0.15) is 0 Å². The summed E-state index contributed by atoms with van der Waals surface area (Å²) in [5, 5.41) is 9.23. The molecule has 0 aromatic heterocycles. The fourth-order valence-corrected chi connectivity index (χ4v) is 4.12. The molecule has 0 radical (unpaired) electrons. The molecule has 1 amide bonds. The number of carbonyl (C=O) groups excluding carboxylic acids is 1. The minimum Gasteiger partial charge on any atom is -0.478 e. The van der Waals surface area contributed by atoms with Crippen molar-refractivity contribution in [2.75, 3.05) is 13.2 Å². The largest absolute Gasteiger partial charge is 0.478 e. The van der Waals surface area contributed by atoms with E-state index in [9.17, 15) is 14.7 Å². The van der Waals surface area contributed by atoms with Crippen LogP contribution in [-0.2, 0) is 22.5 Å². The van der Waals surface area contributed by atoms with Crippen LogP contribution in [0.5, 0.6) is 0 Å². The van der Waals surface area contributed by atoms with Crippen molar-refractivity contribution in [3.8, 4) is 0 Å². The van der Waals surface area contributed by atoms with Crippen LogP contribution in [0.3, 0.4) is 0 Å². The molecule has 2 heterocycles. The third-order valence-electron chi connectivity index (χ3n) is 5.54. The molecule has 0 saturated carbocycles. The van der Waals surface area contributed by atoms with Crippen molar-refractivity contribution in [3.63, 3.8) is 0 Å². The predicted molar refractivity (Wildman–Crippen MR) is 100 cm³/mol. The number of ether oxygens (including phenoxy) is 1. The summed E-state index contributed by atoms with van der Waals surface area (Å²) in [6.45, 7) is 1.80. The van der Waals surface area contributed by atoms with Crippen LogP contribution in [-0.4, -0.2) is 35.0 Å². The maximum atomic E-state index is 13.3. The van der Waals surface area contributed by atoms with E-state index >= 15 is 0 Å². The number of carboxylic acids is 1. The Morgan fingerprint density at radius 1 is 1.07 bits per heavy atom. The normalized spacial score (nSPS) is 22.1. The van der Waals surface area contributed by atoms with Gasteiger partial charge in [0.15, 0.2) is 0 Å². The first-order valence-electron chi connectivity index (χ1n) is 9.44. The predicted octanol–water partition coefficient (Wildman–Crippen LogP) is 3.44. The Bertz CT molecular complexity index is 849. The van der Waals surface area contributed by atoms with Crippen molar-refractivity contribution in [1.29, 1.82) is 0 Å². The molecule has 0 bridgehead atoms. The van der Waals surface area contributed by atoms with Gasteiger partial charge >= 0.3 is 5.97 Å². The van der Waals surface area contributed by atoms with Gasteiger partial charge in [-0.05, 0) is 48.1 Å². The molecule has 2 aliphatic rings. The zero-order chi connectivity index (χ0) is 18.8. The summed E-state index contributed by atoms with van der Waals surface area (Å²) in [6, 6.07) is 15.1. The second-order valence-corrected chi connectivity index (χ2v) is 7.25. The number of benzene rings is 2. The third kappa shape index (κ3) is 3.60. The van der Waals surface area contributed by atoms with Gasteiger partial charge in [-0.15, -0.1) is 0 Å². The van der Waals surface area contributed by atoms with E-state index in [1.54, 1.807) is 12.1 Å². The fourth-order valence-electron chi connectivity index (χ4n) is 4.12. The van der Waals surface area contributed by atoms with Crippen molar-refractivity contribution >= 4 is 11.9 Å². The van der Waals surface area contributed by atoms with Crippen LogP contribution in [0, 0.1) is 5.92 Å². The molecule has 0 aliphatic carbocycles. The molecule has 2 aromatic carbocycles. The summed E-state index contributed by atoms with van der Waals surface area (Å²) in [7, 11) is 0. The summed E-state index contributed by atoms with van der Waals surface area (Å²) in [6.07, 6.45) is 2.24. The molecule has 27 heavy (non-hydrogen) atoms. The van der Waals surface area contributed by atoms with Crippen molar-refractivity contribution in [3.05, 3.63) is 70.8 Å². The van der Waals surface area contributed by atoms with Gasteiger partial charge in [0.05, 0.1) is 17.6 Å². The van der Waals surface area contributed by atoms with E-state index in [2.05, 4.69) is 0 Å². The first-order chi connectivity index (χ1) is 13.1. The van der Waals surface area contributed by atoms with E-state index in [0.717, 1.165) is 36.0 Å². The van der Waals surface area contributed by atoms with Gasteiger partial charge < -0.3 is 14.7 Å². The van der Waals surface area contributed by atoms with Gasteiger partial charge in [-0.2, -0.15) is 0 Å². The van der Waals surface area contributed by atoms with Crippen molar-refractivity contribution < 1.29 is 19.4 Å². The van der Waals surface area contributed by atoms with Crippen LogP contribution in [0.2, 0.25) is 0 Å². The lowest BCUT2D eigenvalue weighted by molar-refractivity contribution is -0.146. The lowest BCUT2D eigenvalue weighted by Crippen LogP contribution is -2.43. The Balaban J connectivity index is 1.55. The van der Waals surface area contributed by atoms with Crippen LogP contribution in [0.4, 0.5) is 0 Å². The number of carbonyl (C=O) groups is 2. The van der Waals surface area contributed by atoms with E-state index < -0.39 is 5.97 Å². The quantitative estimate of drug-likeness (QED) is 0.905. The smallest absolute Gasteiger partial charge is 0.335 e. The highest BCUT2D eigenvalue weighted by atomic mass is 16.5. The SMILES string of the molecule is O=C(O)c1ccc2c(c1)CN(C(=O)C1CCCOC1c1ccccc1)CC2. The first kappa shape index (κ1) is 17.7. The second-order valence-electron chi connectivity index (χ2n) is 7.25. The maximum absolute atomic E-state index is 13.3. The Morgan fingerprint density at radius 3 is 2.67 bits per heavy atom. The van der Waals surface area contributed by atoms with E-state index in [0.29, 0.717) is 19.7 Å². The van der Waals surface area contributed by atoms with Crippen LogP contribution in [0.15, 0.2) is 48.5 Å². The Kier molecular flexibility index (Phi) is 4.94. The molecule has 1 saturated heterocycles. The van der Waals surface area contributed by atoms with Gasteiger partial charge in [-0.3, -0.25) is 4.79 Å². The minimum atomic E-state index is -0.939. The third-order valence-corrected chi connectivity index (χ3v) is 5.54. The molecule has 5 nitrogen and oxygen atoms in total. The summed E-state index contributed by atoms with van der Waals surface area (Å²) < 4.78 is 5.98. The highest BCUT2D eigenvalue weighted by Crippen LogP contribution is 2.36. The van der Waals surface area contributed by atoms with E-state index in [1.165, 1.54) is 0 Å². The molecule has 2 atom stereocenters. The van der Waals surface area contributed by atoms with Crippen molar-refractivity contribution in [2.24, 2.45) is 5.92 Å². The number of rotatable bonds is 3. The standard InChI is InChI=1S/C22H23NO4/c24-21(19-7-4-12-27-20(19)16-5-2-1-3-6-16)23-11-10-15-8-9-17(22(25)26)13-18(15)14-23/h1-3,5-6,8-9,13,19-20H,4,7,10-12,14H2,(H,25,26). The van der Waals surface area contributed by atoms with E-state index in [4.69, 9.17) is 4.74 Å². The number of fused-ring (bicyclic) bond motifs is 1. The molecule has 2 aliphatic heterocycles. The second kappa shape index (κ2) is 7.53. The van der Waals surface area contributed by atoms with Crippen molar-refractivity contribution in [2.45, 2.75) is 31.9 Å². The topological polar surface area (TPSA) is 66.8 Å². The van der Waals surface area contributed by atoms with Crippen molar-refractivity contribution in [1.82, 2.24) is 4.90 Å². The van der Waals surface area contributed by atoms with E-state index in [1.807, 2.05) is 41.3 Å². The number of hydrogen-bond acceptors (Lipinski definition) is 3. The molecule has 1 fully saturated rings. The number of aromatic carboxylic acids is 1. The molecule has 140 valence electrons. The Morgan fingerprint density at radius 2 is 1.89 bits per heavy atom. The van der Waals surface area contributed by atoms with Crippen LogP contribution >= 0.6 is 0 Å². The molecule has 5 heteroatoms. The number of amides is 1. The Labute approximate surface area is 158 Å². The summed E-state index contributed by atoms with van der Waals surface area (Å²) in [4.78, 5) is 26.4. The highest BCUT2D eigenvalue weighted by Gasteiger charge is 2.36. The first-order valence-corrected chi connectivity index (χ1v) is 9.44. The van der Waals surface area contributed by atoms with E-state index in [-0.39, 0.29) is 23.5 Å². The average molecular weight is 365 g/mol. The average Bonchev–Trinajstić information content (AvgIpc) is 2.73. The zero-order valence-corrected chi connectivity index (χ0v) is 15.1. The molecule has 2 aromatic rings. The molecule has 0 spiro atoms. The monoisotopic (exact) mass is 365 g/mol. The summed E-state index contributed by atoms with van der Waals surface area (Å²) in [5.41, 5.74) is 3.37. The number of nitrogens with zero attached hydrogens (tertiary/aromatic N) is 1. The molecular weight excluding hydrogens is 342 g/mol. The van der Waals surface area contributed by atoms with Gasteiger partial charge in [-0.1, -0.05) is 36.4 Å². The number of hydrogen-bond donors (Lipinski definition) is 1. The minimum absolute atomic E-state index is 0.106. The lowest BCUT2D eigenvalue weighted by Gasteiger charge is -2.37. The highest BCUT2D eigenvalue weighted by molar-refractivity contribution is 5.88. The van der Waals surface area contributed by atoms with Gasteiger partial charge in [0.25, 0.3) is 0 Å². The number of carboxylic acid groups (broad SMARTS) is 1. The Hall–Kier alpha value is -2.66. The van der Waals surface area contributed by atoms with Gasteiger partial charge in [0.2, 0.25) is 5.91 Å². The maximum Gasteiger partial charge on any atom is 0.335 e. The summed E-state index contributed by atoms with van der Waals surface area (Å²) in [5.74, 6) is -1.02. The zero-order valence-electron chi connectivity index (χ0n) is 15.1. The summed E-state index contributed by atoms with van der Waals surface area (Å²) >= 11 is 0. The van der Waals surface area contributed by atoms with Crippen LogP contribution in [0.25, 0.3) is 0 Å². The molecular formula is C22H23NO4. The lowest BCUT2D eigenvalue weighted by atomic mass is 9.87. The van der Waals surface area contributed by atoms with Crippen LogP contribution < -0.4 is 0 Å². The molecule has 1 N–H and O–H groups in total. The van der Waals surface area contributed by atoms with Gasteiger partial charge in [0, 0.05) is 19.7 Å². The fraction of sp³-hybridized carbons (Fsp3) is 0.364. The van der Waals surface area contributed by atoms with Crippen LogP contribution in [0.1, 0.15) is 46.0 Å². The molecule has 4 rings (SSSR count).